The first kappa shape index (κ1) is 29.4. The molecule has 1 amide bonds. The third kappa shape index (κ3) is 4.86. The Morgan fingerprint density at radius 2 is 1.85 bits per heavy atom. The van der Waals surface area contributed by atoms with Crippen LogP contribution in [0.3, 0.4) is 0 Å². The number of amides is 1. The van der Waals surface area contributed by atoms with Gasteiger partial charge >= 0.3 is 0 Å². The van der Waals surface area contributed by atoms with E-state index < -0.39 is 15.4 Å². The van der Waals surface area contributed by atoms with E-state index in [4.69, 9.17) is 16.7 Å². The van der Waals surface area contributed by atoms with Crippen molar-refractivity contribution in [3.63, 3.8) is 0 Å². The van der Waals surface area contributed by atoms with Gasteiger partial charge in [-0.3, -0.25) is 19.2 Å². The number of Topliss-reactive ketones (excluding diaryl/α,β-unsaturated/α-hetero) is 3. The molecule has 1 aromatic carbocycles. The number of ketones is 3. The Morgan fingerprint density at radius 1 is 1.12 bits per heavy atom. The molecule has 8 nitrogen and oxygen atoms in total. The second kappa shape index (κ2) is 10.3. The zero-order valence-electron chi connectivity index (χ0n) is 23.4. The number of sulfonamides is 1. The predicted molar refractivity (Wildman–Crippen MR) is 151 cm³/mol. The van der Waals surface area contributed by atoms with Crippen molar-refractivity contribution in [2.45, 2.75) is 83.5 Å². The summed E-state index contributed by atoms with van der Waals surface area (Å²) in [5, 5.41) is 7.85. The van der Waals surface area contributed by atoms with Crippen molar-refractivity contribution in [3.8, 4) is 0 Å². The van der Waals surface area contributed by atoms with Gasteiger partial charge in [-0.05, 0) is 78.9 Å². The van der Waals surface area contributed by atoms with Crippen LogP contribution in [0, 0.1) is 46.3 Å². The fraction of sp³-hybridized carbons (Fsp3) is 0.667. The molecule has 4 saturated carbocycles. The molecule has 0 radical (unpaired) electrons. The van der Waals surface area contributed by atoms with Gasteiger partial charge in [0.1, 0.15) is 22.2 Å². The second-order valence-corrected chi connectivity index (χ2v) is 15.1. The number of carbonyl (C=O) groups excluding carboxylic acids is 4. The fourth-order valence-electron chi connectivity index (χ4n) is 8.98. The third-order valence-electron chi connectivity index (χ3n) is 11.3. The highest BCUT2D eigenvalue weighted by Crippen LogP contribution is 2.66. The standard InChI is InChI=1S/C30H39ClN2O6S/c1-16(4-9-27(37)33-18-5-8-25(23(31)14-18)40(32,38)39)20-6-7-21-28-22(15-26(36)30(20,21)3)29(2)11-10-19(34)12-17(29)13-24(28)35/h5,8,14,16-17,20-22,28H,4,6-7,9-13,15H2,1-3H3,(H,33,37)(H2,32,38,39)/t16-,17+,20-,21+,22+,28+,29+,30-/m1/s1. The van der Waals surface area contributed by atoms with Crippen molar-refractivity contribution in [2.24, 2.45) is 51.5 Å². The van der Waals surface area contributed by atoms with E-state index in [1.54, 1.807) is 0 Å². The number of rotatable bonds is 6. The molecule has 4 aliphatic carbocycles. The van der Waals surface area contributed by atoms with E-state index in [9.17, 15) is 27.6 Å². The van der Waals surface area contributed by atoms with Gasteiger partial charge in [0, 0.05) is 49.1 Å². The third-order valence-corrected chi connectivity index (χ3v) is 12.6. The van der Waals surface area contributed by atoms with Gasteiger partial charge in [-0.2, -0.15) is 0 Å². The van der Waals surface area contributed by atoms with Crippen LogP contribution in [0.4, 0.5) is 5.69 Å². The summed E-state index contributed by atoms with van der Waals surface area (Å²) in [4.78, 5) is 52.2. The van der Waals surface area contributed by atoms with Gasteiger partial charge < -0.3 is 5.32 Å². The van der Waals surface area contributed by atoms with Crippen LogP contribution >= 0.6 is 11.6 Å². The zero-order chi connectivity index (χ0) is 29.2. The summed E-state index contributed by atoms with van der Waals surface area (Å²) < 4.78 is 23.2. The number of halogens is 1. The minimum Gasteiger partial charge on any atom is -0.326 e. The molecule has 0 aliphatic heterocycles. The molecule has 0 unspecified atom stereocenters. The molecule has 40 heavy (non-hydrogen) atoms. The van der Waals surface area contributed by atoms with E-state index in [-0.39, 0.29) is 80.5 Å². The lowest BCUT2D eigenvalue weighted by molar-refractivity contribution is -0.166. The molecule has 3 N–H and O–H groups in total. The Labute approximate surface area is 241 Å². The Hall–Kier alpha value is -2.10. The number of fused-ring (bicyclic) bond motifs is 5. The highest BCUT2D eigenvalue weighted by Gasteiger charge is 2.66. The SMILES string of the molecule is C[C@H](CCC(=O)Nc1ccc(S(N)(=O)=O)c(Cl)c1)[C@H]1CC[C@H]2[C@@H]3C(=O)C[C@@H]4CC(=O)CC[C@]4(C)[C@H]3CC(=O)[C@]12C. The van der Waals surface area contributed by atoms with Gasteiger partial charge in [-0.25, -0.2) is 13.6 Å². The van der Waals surface area contributed by atoms with Gasteiger partial charge in [0.2, 0.25) is 15.9 Å². The molecule has 4 aliphatic rings. The number of hydrogen-bond acceptors (Lipinski definition) is 6. The topological polar surface area (TPSA) is 140 Å². The van der Waals surface area contributed by atoms with Crippen LogP contribution in [-0.4, -0.2) is 31.7 Å². The number of primary sulfonamides is 1. The summed E-state index contributed by atoms with van der Waals surface area (Å²) in [7, 11) is -3.96. The molecule has 0 bridgehead atoms. The first-order valence-corrected chi connectivity index (χ1v) is 16.3. The molecule has 10 heteroatoms. The lowest BCUT2D eigenvalue weighted by Gasteiger charge is -2.58. The second-order valence-electron chi connectivity index (χ2n) is 13.2. The van der Waals surface area contributed by atoms with E-state index in [0.29, 0.717) is 37.8 Å². The summed E-state index contributed by atoms with van der Waals surface area (Å²) in [6.07, 6.45) is 5.15. The van der Waals surface area contributed by atoms with Crippen molar-refractivity contribution >= 4 is 50.6 Å². The maximum absolute atomic E-state index is 13.9. The highest BCUT2D eigenvalue weighted by molar-refractivity contribution is 7.89. The molecule has 0 aromatic heterocycles. The van der Waals surface area contributed by atoms with Crippen LogP contribution in [0.1, 0.15) is 78.6 Å². The number of nitrogens with two attached hydrogens (primary N) is 1. The number of hydrogen-bond donors (Lipinski definition) is 2. The number of benzene rings is 1. The van der Waals surface area contributed by atoms with Crippen LogP contribution in [0.15, 0.2) is 23.1 Å². The Morgan fingerprint density at radius 3 is 2.52 bits per heavy atom. The molecule has 0 spiro atoms. The summed E-state index contributed by atoms with van der Waals surface area (Å²) in [6.45, 7) is 6.37. The van der Waals surface area contributed by atoms with Crippen LogP contribution in [0.25, 0.3) is 0 Å². The maximum atomic E-state index is 13.9. The van der Waals surface area contributed by atoms with Gasteiger partial charge in [-0.1, -0.05) is 32.4 Å². The monoisotopic (exact) mass is 590 g/mol. The molecule has 218 valence electrons. The Balaban J connectivity index is 1.26. The van der Waals surface area contributed by atoms with Crippen LogP contribution in [-0.2, 0) is 29.2 Å². The molecule has 4 fully saturated rings. The van der Waals surface area contributed by atoms with Crippen molar-refractivity contribution in [2.75, 3.05) is 5.32 Å². The summed E-state index contributed by atoms with van der Waals surface area (Å²) in [5.41, 5.74) is -0.346. The smallest absolute Gasteiger partial charge is 0.239 e. The van der Waals surface area contributed by atoms with Crippen molar-refractivity contribution in [1.82, 2.24) is 0 Å². The lowest BCUT2D eigenvalue weighted by atomic mass is 9.44. The van der Waals surface area contributed by atoms with Crippen molar-refractivity contribution < 1.29 is 27.6 Å². The highest BCUT2D eigenvalue weighted by atomic mass is 35.5. The van der Waals surface area contributed by atoms with E-state index in [0.717, 1.165) is 19.3 Å². The summed E-state index contributed by atoms with van der Waals surface area (Å²) >= 11 is 6.04. The van der Waals surface area contributed by atoms with E-state index in [1.807, 2.05) is 0 Å². The Kier molecular flexibility index (Phi) is 7.58. The normalized spacial score (nSPS) is 36.4. The summed E-state index contributed by atoms with van der Waals surface area (Å²) in [6, 6.07) is 4.07. The predicted octanol–water partition coefficient (Wildman–Crippen LogP) is 4.93. The van der Waals surface area contributed by atoms with Crippen molar-refractivity contribution in [1.29, 1.82) is 0 Å². The number of anilines is 1. The molecule has 0 heterocycles. The summed E-state index contributed by atoms with van der Waals surface area (Å²) in [5.74, 6) is 0.657. The first-order chi connectivity index (χ1) is 18.7. The maximum Gasteiger partial charge on any atom is 0.239 e. The lowest BCUT2D eigenvalue weighted by Crippen LogP contribution is -2.60. The minimum atomic E-state index is -3.96. The van der Waals surface area contributed by atoms with Gasteiger partial charge in [0.05, 0.1) is 5.02 Å². The molecule has 5 rings (SSSR count). The minimum absolute atomic E-state index is 0.0161. The van der Waals surface area contributed by atoms with E-state index in [1.165, 1.54) is 18.2 Å². The van der Waals surface area contributed by atoms with Crippen LogP contribution in [0.2, 0.25) is 5.02 Å². The average molecular weight is 591 g/mol. The van der Waals surface area contributed by atoms with Gasteiger partial charge in [-0.15, -0.1) is 0 Å². The molecule has 0 saturated heterocycles. The average Bonchev–Trinajstić information content (AvgIpc) is 3.22. The zero-order valence-corrected chi connectivity index (χ0v) is 24.9. The quantitative estimate of drug-likeness (QED) is 0.481. The van der Waals surface area contributed by atoms with E-state index >= 15 is 0 Å². The molecule has 8 atom stereocenters. The van der Waals surface area contributed by atoms with Crippen molar-refractivity contribution in [3.05, 3.63) is 23.2 Å². The van der Waals surface area contributed by atoms with Crippen LogP contribution in [0.5, 0.6) is 0 Å². The number of nitrogens with one attached hydrogen (secondary N) is 1. The molecular weight excluding hydrogens is 552 g/mol. The van der Waals surface area contributed by atoms with Gasteiger partial charge in [0.25, 0.3) is 0 Å². The molecule has 1 aromatic rings. The molecular formula is C30H39ClN2O6S. The van der Waals surface area contributed by atoms with Gasteiger partial charge in [0.15, 0.2) is 0 Å². The Bertz CT molecular complexity index is 1380. The van der Waals surface area contributed by atoms with Crippen LogP contribution < -0.4 is 10.5 Å². The first-order valence-electron chi connectivity index (χ1n) is 14.4. The largest absolute Gasteiger partial charge is 0.326 e. The fourth-order valence-corrected chi connectivity index (χ4v) is 10.1. The number of carbonyl (C=O) groups is 4. The van der Waals surface area contributed by atoms with E-state index in [2.05, 4.69) is 26.1 Å².